The molecule has 0 saturated heterocycles. The van der Waals surface area contributed by atoms with E-state index in [0.717, 1.165) is 13.0 Å². The SMILES string of the molecule is CC(F)c1cc(F)c(F)c(C(O)C(=O)O)c1. The second-order valence-electron chi connectivity index (χ2n) is 3.26. The van der Waals surface area contributed by atoms with Crippen molar-refractivity contribution in [3.63, 3.8) is 0 Å². The minimum absolute atomic E-state index is 0.228. The van der Waals surface area contributed by atoms with Crippen LogP contribution >= 0.6 is 0 Å². The highest BCUT2D eigenvalue weighted by Crippen LogP contribution is 2.26. The Bertz CT molecular complexity index is 418. The maximum absolute atomic E-state index is 13.1. The maximum atomic E-state index is 13.1. The van der Waals surface area contributed by atoms with Gasteiger partial charge in [-0.05, 0) is 24.6 Å². The second kappa shape index (κ2) is 4.52. The first kappa shape index (κ1) is 12.5. The first-order valence-electron chi connectivity index (χ1n) is 4.38. The van der Waals surface area contributed by atoms with Crippen LogP contribution in [0, 0.1) is 11.6 Å². The predicted octanol–water partition coefficient (Wildman–Crippen LogP) is 2.11. The largest absolute Gasteiger partial charge is 0.479 e. The van der Waals surface area contributed by atoms with Crippen LogP contribution in [0.15, 0.2) is 12.1 Å². The molecule has 0 aromatic heterocycles. The Morgan fingerprint density at radius 3 is 2.38 bits per heavy atom. The number of benzene rings is 1. The van der Waals surface area contributed by atoms with E-state index in [1.54, 1.807) is 0 Å². The van der Waals surface area contributed by atoms with Crippen molar-refractivity contribution in [2.75, 3.05) is 0 Å². The van der Waals surface area contributed by atoms with Gasteiger partial charge in [0.1, 0.15) is 6.17 Å². The van der Waals surface area contributed by atoms with E-state index < -0.39 is 35.4 Å². The molecule has 2 N–H and O–H groups in total. The van der Waals surface area contributed by atoms with Crippen molar-refractivity contribution in [1.82, 2.24) is 0 Å². The van der Waals surface area contributed by atoms with Crippen LogP contribution in [-0.2, 0) is 4.79 Å². The molecular weight excluding hydrogens is 225 g/mol. The van der Waals surface area contributed by atoms with Crippen LogP contribution in [0.2, 0.25) is 0 Å². The molecule has 0 aliphatic carbocycles. The highest BCUT2D eigenvalue weighted by atomic mass is 19.2. The number of carboxylic acid groups (broad SMARTS) is 1. The minimum atomic E-state index is -2.21. The number of aliphatic hydroxyl groups is 1. The summed E-state index contributed by atoms with van der Waals surface area (Å²) in [6.07, 6.45) is -3.80. The molecule has 0 heterocycles. The van der Waals surface area contributed by atoms with Crippen LogP contribution in [-0.4, -0.2) is 16.2 Å². The summed E-state index contributed by atoms with van der Waals surface area (Å²) in [5.41, 5.74) is -1.01. The van der Waals surface area contributed by atoms with Crippen molar-refractivity contribution in [3.05, 3.63) is 34.9 Å². The van der Waals surface area contributed by atoms with Gasteiger partial charge in [0.15, 0.2) is 17.7 Å². The van der Waals surface area contributed by atoms with Gasteiger partial charge in [0.25, 0.3) is 0 Å². The zero-order chi connectivity index (χ0) is 12.5. The third-order valence-corrected chi connectivity index (χ3v) is 2.07. The number of hydrogen-bond acceptors (Lipinski definition) is 2. The Labute approximate surface area is 89.1 Å². The van der Waals surface area contributed by atoms with Crippen LogP contribution < -0.4 is 0 Å². The molecule has 1 aromatic rings. The monoisotopic (exact) mass is 234 g/mol. The fraction of sp³-hybridized carbons (Fsp3) is 0.300. The lowest BCUT2D eigenvalue weighted by molar-refractivity contribution is -0.147. The minimum Gasteiger partial charge on any atom is -0.479 e. The lowest BCUT2D eigenvalue weighted by Crippen LogP contribution is -2.13. The van der Waals surface area contributed by atoms with Crippen LogP contribution in [0.4, 0.5) is 13.2 Å². The summed E-state index contributed by atoms with van der Waals surface area (Å²) in [4.78, 5) is 10.4. The summed E-state index contributed by atoms with van der Waals surface area (Å²) >= 11 is 0. The standard InChI is InChI=1S/C10H9F3O3/c1-4(11)5-2-6(9(14)10(15)16)8(13)7(12)3-5/h2-4,9,14H,1H3,(H,15,16). The summed E-state index contributed by atoms with van der Waals surface area (Å²) in [6.45, 7) is 1.09. The second-order valence-corrected chi connectivity index (χ2v) is 3.26. The van der Waals surface area contributed by atoms with Crippen molar-refractivity contribution < 1.29 is 28.2 Å². The topological polar surface area (TPSA) is 57.5 Å². The number of carbonyl (C=O) groups is 1. The lowest BCUT2D eigenvalue weighted by atomic mass is 10.0. The molecule has 3 nitrogen and oxygen atoms in total. The molecule has 6 heteroatoms. The Balaban J connectivity index is 3.32. The number of halogens is 3. The smallest absolute Gasteiger partial charge is 0.337 e. The highest BCUT2D eigenvalue weighted by Gasteiger charge is 2.24. The van der Waals surface area contributed by atoms with Crippen molar-refractivity contribution >= 4 is 5.97 Å². The van der Waals surface area contributed by atoms with E-state index in [1.807, 2.05) is 0 Å². The molecule has 1 rings (SSSR count). The van der Waals surface area contributed by atoms with E-state index in [9.17, 15) is 18.0 Å². The number of rotatable bonds is 3. The normalized spacial score (nSPS) is 14.6. The molecule has 0 saturated carbocycles. The van der Waals surface area contributed by atoms with E-state index in [1.165, 1.54) is 0 Å². The third kappa shape index (κ3) is 2.33. The summed E-state index contributed by atoms with van der Waals surface area (Å²) < 4.78 is 39.0. The van der Waals surface area contributed by atoms with Gasteiger partial charge in [-0.25, -0.2) is 18.0 Å². The van der Waals surface area contributed by atoms with E-state index in [-0.39, 0.29) is 5.56 Å². The Morgan fingerprint density at radius 2 is 1.94 bits per heavy atom. The summed E-state index contributed by atoms with van der Waals surface area (Å²) in [5, 5.41) is 17.5. The number of aliphatic hydroxyl groups excluding tert-OH is 1. The van der Waals surface area contributed by atoms with E-state index >= 15 is 0 Å². The van der Waals surface area contributed by atoms with Crippen molar-refractivity contribution in [1.29, 1.82) is 0 Å². The predicted molar refractivity (Wildman–Crippen MR) is 48.5 cm³/mol. The van der Waals surface area contributed by atoms with Gasteiger partial charge < -0.3 is 10.2 Å². The van der Waals surface area contributed by atoms with Gasteiger partial charge in [-0.1, -0.05) is 0 Å². The number of hydrogen-bond donors (Lipinski definition) is 2. The molecular formula is C10H9F3O3. The van der Waals surface area contributed by atoms with Gasteiger partial charge in [-0.2, -0.15) is 0 Å². The van der Waals surface area contributed by atoms with Gasteiger partial charge in [0, 0.05) is 5.56 Å². The van der Waals surface area contributed by atoms with Gasteiger partial charge in [-0.15, -0.1) is 0 Å². The molecule has 1 aromatic carbocycles. The molecule has 16 heavy (non-hydrogen) atoms. The van der Waals surface area contributed by atoms with Gasteiger partial charge in [-0.3, -0.25) is 0 Å². The third-order valence-electron chi connectivity index (χ3n) is 2.07. The molecule has 88 valence electrons. The molecule has 0 radical (unpaired) electrons. The lowest BCUT2D eigenvalue weighted by Gasteiger charge is -2.11. The van der Waals surface area contributed by atoms with Crippen LogP contribution in [0.1, 0.15) is 30.3 Å². The molecule has 2 unspecified atom stereocenters. The van der Waals surface area contributed by atoms with Crippen molar-refractivity contribution in [2.24, 2.45) is 0 Å². The number of alkyl halides is 1. The van der Waals surface area contributed by atoms with E-state index in [4.69, 9.17) is 10.2 Å². The Morgan fingerprint density at radius 1 is 1.38 bits per heavy atom. The van der Waals surface area contributed by atoms with Crippen LogP contribution in [0.3, 0.4) is 0 Å². The van der Waals surface area contributed by atoms with Gasteiger partial charge >= 0.3 is 5.97 Å². The molecule has 0 aliphatic rings. The summed E-state index contributed by atoms with van der Waals surface area (Å²) in [6, 6.07) is 1.42. The maximum Gasteiger partial charge on any atom is 0.337 e. The number of aliphatic carboxylic acids is 1. The first-order valence-corrected chi connectivity index (χ1v) is 4.38. The molecule has 0 bridgehead atoms. The highest BCUT2D eigenvalue weighted by molar-refractivity contribution is 5.74. The van der Waals surface area contributed by atoms with Crippen LogP contribution in [0.5, 0.6) is 0 Å². The molecule has 0 amide bonds. The molecule has 0 spiro atoms. The average Bonchev–Trinajstić information content (AvgIpc) is 2.20. The van der Waals surface area contributed by atoms with E-state index in [2.05, 4.69) is 0 Å². The molecule has 0 fully saturated rings. The van der Waals surface area contributed by atoms with Gasteiger partial charge in [0.2, 0.25) is 0 Å². The van der Waals surface area contributed by atoms with Crippen LogP contribution in [0.25, 0.3) is 0 Å². The average molecular weight is 234 g/mol. The number of carboxylic acids is 1. The zero-order valence-electron chi connectivity index (χ0n) is 8.25. The zero-order valence-corrected chi connectivity index (χ0v) is 8.25. The summed E-state index contributed by atoms with van der Waals surface area (Å²) in [7, 11) is 0. The van der Waals surface area contributed by atoms with E-state index in [0.29, 0.717) is 6.07 Å². The van der Waals surface area contributed by atoms with Crippen molar-refractivity contribution in [2.45, 2.75) is 19.2 Å². The Hall–Kier alpha value is -1.56. The summed E-state index contributed by atoms with van der Waals surface area (Å²) in [5.74, 6) is -4.61. The molecule has 2 atom stereocenters. The first-order chi connectivity index (χ1) is 7.34. The van der Waals surface area contributed by atoms with Gasteiger partial charge in [0.05, 0.1) is 0 Å². The fourth-order valence-corrected chi connectivity index (χ4v) is 1.19. The molecule has 0 aliphatic heterocycles. The quantitative estimate of drug-likeness (QED) is 0.842. The fourth-order valence-electron chi connectivity index (χ4n) is 1.19. The van der Waals surface area contributed by atoms with Crippen molar-refractivity contribution in [3.8, 4) is 0 Å². The Kier molecular flexibility index (Phi) is 3.54.